The molecule has 0 spiro atoms. The van der Waals surface area contributed by atoms with Crippen LogP contribution in [0, 0.1) is 17.8 Å². The Labute approximate surface area is 126 Å². The predicted molar refractivity (Wildman–Crippen MR) is 78.8 cm³/mol. The molecule has 1 saturated carbocycles. The van der Waals surface area contributed by atoms with E-state index in [1.165, 1.54) is 0 Å². The molecule has 2 rings (SSSR count). The van der Waals surface area contributed by atoms with Crippen molar-refractivity contribution in [1.29, 1.82) is 0 Å². The Morgan fingerprint density at radius 2 is 1.52 bits per heavy atom. The molecule has 120 valence electrons. The minimum Gasteiger partial charge on any atom is -0.481 e. The summed E-state index contributed by atoms with van der Waals surface area (Å²) >= 11 is 0. The van der Waals surface area contributed by atoms with Crippen LogP contribution in [0.25, 0.3) is 0 Å². The van der Waals surface area contributed by atoms with Crippen LogP contribution in [0.3, 0.4) is 0 Å². The van der Waals surface area contributed by atoms with E-state index in [9.17, 15) is 14.7 Å². The van der Waals surface area contributed by atoms with Crippen molar-refractivity contribution < 1.29 is 19.4 Å². The van der Waals surface area contributed by atoms with Gasteiger partial charge in [0.2, 0.25) is 5.91 Å². The molecule has 3 atom stereocenters. The molecule has 5 heteroatoms. The largest absolute Gasteiger partial charge is 0.481 e. The summed E-state index contributed by atoms with van der Waals surface area (Å²) in [6, 6.07) is 0. The van der Waals surface area contributed by atoms with E-state index in [4.69, 9.17) is 4.74 Å². The highest BCUT2D eigenvalue weighted by atomic mass is 16.5. The van der Waals surface area contributed by atoms with Gasteiger partial charge in [0.15, 0.2) is 0 Å². The molecule has 5 nitrogen and oxygen atoms in total. The Hall–Kier alpha value is -1.10. The Morgan fingerprint density at radius 3 is 2.00 bits per heavy atom. The summed E-state index contributed by atoms with van der Waals surface area (Å²) in [4.78, 5) is 26.1. The maximum Gasteiger partial charge on any atom is 0.307 e. The molecule has 2 aliphatic rings. The summed E-state index contributed by atoms with van der Waals surface area (Å²) in [5, 5.41) is 9.36. The fraction of sp³-hybridized carbons (Fsp3) is 0.875. The summed E-state index contributed by atoms with van der Waals surface area (Å²) in [5.41, 5.74) is -0.805. The first kappa shape index (κ1) is 16.3. The second-order valence-electron chi connectivity index (χ2n) is 7.94. The zero-order valence-corrected chi connectivity index (χ0v) is 13.7. The van der Waals surface area contributed by atoms with Gasteiger partial charge in [0.1, 0.15) is 0 Å². The van der Waals surface area contributed by atoms with Gasteiger partial charge < -0.3 is 14.7 Å². The van der Waals surface area contributed by atoms with Gasteiger partial charge >= 0.3 is 5.97 Å². The third-order valence-electron chi connectivity index (χ3n) is 4.44. The Bertz CT molecular complexity index is 428. The van der Waals surface area contributed by atoms with Crippen LogP contribution in [-0.4, -0.2) is 46.2 Å². The van der Waals surface area contributed by atoms with Gasteiger partial charge in [-0.2, -0.15) is 0 Å². The molecule has 1 heterocycles. The van der Waals surface area contributed by atoms with E-state index in [2.05, 4.69) is 0 Å². The summed E-state index contributed by atoms with van der Waals surface area (Å²) in [6.07, 6.45) is 1.27. The van der Waals surface area contributed by atoms with Crippen LogP contribution in [0.2, 0.25) is 0 Å². The number of carbonyl (C=O) groups is 2. The van der Waals surface area contributed by atoms with Crippen molar-refractivity contribution in [2.24, 2.45) is 17.8 Å². The van der Waals surface area contributed by atoms with E-state index < -0.39 is 23.1 Å². The zero-order chi connectivity index (χ0) is 16.0. The minimum atomic E-state index is -0.843. The molecule has 3 unspecified atom stereocenters. The lowest BCUT2D eigenvalue weighted by atomic mass is 9.92. The summed E-state index contributed by atoms with van der Waals surface area (Å²) < 4.78 is 5.99. The van der Waals surface area contributed by atoms with Gasteiger partial charge in [-0.05, 0) is 46.5 Å². The maximum absolute atomic E-state index is 12.8. The first-order valence-electron chi connectivity index (χ1n) is 7.72. The van der Waals surface area contributed by atoms with Crippen molar-refractivity contribution in [2.45, 2.75) is 58.7 Å². The van der Waals surface area contributed by atoms with Gasteiger partial charge in [-0.15, -0.1) is 0 Å². The lowest BCUT2D eigenvalue weighted by molar-refractivity contribution is -0.191. The molecule has 1 aliphatic heterocycles. The van der Waals surface area contributed by atoms with Gasteiger partial charge in [-0.25, -0.2) is 0 Å². The molecule has 1 aliphatic carbocycles. The molecule has 21 heavy (non-hydrogen) atoms. The normalized spacial score (nSPS) is 34.7. The predicted octanol–water partition coefficient (Wildman–Crippen LogP) is 2.15. The summed E-state index contributed by atoms with van der Waals surface area (Å²) in [5.74, 6) is -1.49. The van der Waals surface area contributed by atoms with Gasteiger partial charge in [0, 0.05) is 13.1 Å². The number of aliphatic carboxylic acids is 1. The highest BCUT2D eigenvalue weighted by Gasteiger charge is 2.46. The number of carbonyl (C=O) groups excluding carboxylic acids is 1. The van der Waals surface area contributed by atoms with Gasteiger partial charge in [-0.1, -0.05) is 6.92 Å². The highest BCUT2D eigenvalue weighted by molar-refractivity contribution is 5.85. The van der Waals surface area contributed by atoms with E-state index in [0.29, 0.717) is 31.8 Å². The minimum absolute atomic E-state index is 0.0174. The molecule has 1 N–H and O–H groups in total. The Morgan fingerprint density at radius 1 is 1.05 bits per heavy atom. The van der Waals surface area contributed by atoms with Crippen LogP contribution in [-0.2, 0) is 14.3 Å². The number of carboxylic acid groups (broad SMARTS) is 1. The van der Waals surface area contributed by atoms with E-state index in [1.807, 2.05) is 39.5 Å². The van der Waals surface area contributed by atoms with Crippen LogP contribution < -0.4 is 0 Å². The molecule has 0 bridgehead atoms. The molecule has 0 aromatic heterocycles. The number of amides is 1. The molecule has 1 amide bonds. The average Bonchev–Trinajstić information content (AvgIpc) is 2.66. The first-order valence-corrected chi connectivity index (χ1v) is 7.72. The molecular formula is C16H27NO4. The third kappa shape index (κ3) is 3.57. The van der Waals surface area contributed by atoms with Crippen LogP contribution in [0.4, 0.5) is 0 Å². The average molecular weight is 297 g/mol. The topological polar surface area (TPSA) is 66.8 Å². The SMILES string of the molecule is CC1CC(C(=O)O)C(C(=O)N2CC(C)(C)OC(C)(C)C2)C1. The Balaban J connectivity index is 2.17. The monoisotopic (exact) mass is 297 g/mol. The zero-order valence-electron chi connectivity index (χ0n) is 13.7. The highest BCUT2D eigenvalue weighted by Crippen LogP contribution is 2.39. The van der Waals surface area contributed by atoms with Gasteiger partial charge in [-0.3, -0.25) is 9.59 Å². The van der Waals surface area contributed by atoms with E-state index in [0.717, 1.165) is 0 Å². The number of hydrogen-bond donors (Lipinski definition) is 1. The van der Waals surface area contributed by atoms with Crippen molar-refractivity contribution in [1.82, 2.24) is 4.90 Å². The third-order valence-corrected chi connectivity index (χ3v) is 4.44. The number of ether oxygens (including phenoxy) is 1. The van der Waals surface area contributed by atoms with Crippen molar-refractivity contribution in [3.8, 4) is 0 Å². The van der Waals surface area contributed by atoms with Gasteiger partial charge in [0.25, 0.3) is 0 Å². The smallest absolute Gasteiger partial charge is 0.307 e. The lowest BCUT2D eigenvalue weighted by Crippen LogP contribution is -2.59. The van der Waals surface area contributed by atoms with Crippen molar-refractivity contribution in [3.63, 3.8) is 0 Å². The fourth-order valence-electron chi connectivity index (χ4n) is 4.02. The number of hydrogen-bond acceptors (Lipinski definition) is 3. The van der Waals surface area contributed by atoms with Gasteiger partial charge in [0.05, 0.1) is 23.0 Å². The lowest BCUT2D eigenvalue weighted by Gasteiger charge is -2.47. The summed E-state index contributed by atoms with van der Waals surface area (Å²) in [6.45, 7) is 11.0. The maximum atomic E-state index is 12.8. The van der Waals surface area contributed by atoms with E-state index >= 15 is 0 Å². The molecule has 1 saturated heterocycles. The van der Waals surface area contributed by atoms with Crippen molar-refractivity contribution in [3.05, 3.63) is 0 Å². The van der Waals surface area contributed by atoms with Crippen LogP contribution in [0.5, 0.6) is 0 Å². The number of rotatable bonds is 2. The first-order chi connectivity index (χ1) is 9.51. The molecule has 0 radical (unpaired) electrons. The number of nitrogens with zero attached hydrogens (tertiary/aromatic N) is 1. The van der Waals surface area contributed by atoms with E-state index in [1.54, 1.807) is 0 Å². The second kappa shape index (κ2) is 5.27. The fourth-order valence-corrected chi connectivity index (χ4v) is 4.02. The molecule has 0 aromatic rings. The second-order valence-corrected chi connectivity index (χ2v) is 7.94. The number of carboxylic acids is 1. The molecular weight excluding hydrogens is 270 g/mol. The van der Waals surface area contributed by atoms with Crippen LogP contribution in [0.1, 0.15) is 47.5 Å². The quantitative estimate of drug-likeness (QED) is 0.848. The summed E-state index contributed by atoms with van der Waals surface area (Å²) in [7, 11) is 0. The van der Waals surface area contributed by atoms with Crippen LogP contribution >= 0.6 is 0 Å². The Kier molecular flexibility index (Phi) is 4.08. The molecule has 2 fully saturated rings. The van der Waals surface area contributed by atoms with Crippen molar-refractivity contribution in [2.75, 3.05) is 13.1 Å². The van der Waals surface area contributed by atoms with E-state index in [-0.39, 0.29) is 11.8 Å². The number of morpholine rings is 1. The standard InChI is InChI=1S/C16H27NO4/c1-10-6-11(12(7-10)14(19)20)13(18)17-8-15(2,3)21-16(4,5)9-17/h10-12H,6-9H2,1-5H3,(H,19,20). The van der Waals surface area contributed by atoms with Crippen LogP contribution in [0.15, 0.2) is 0 Å². The van der Waals surface area contributed by atoms with Crippen molar-refractivity contribution >= 4 is 11.9 Å². The molecule has 0 aromatic carbocycles.